The summed E-state index contributed by atoms with van der Waals surface area (Å²) in [6.07, 6.45) is 3.84. The van der Waals surface area contributed by atoms with E-state index >= 15 is 0 Å². The summed E-state index contributed by atoms with van der Waals surface area (Å²) in [6.45, 7) is 6.44. The zero-order valence-corrected chi connectivity index (χ0v) is 15.2. The number of nitrogens with one attached hydrogen (secondary N) is 2. The first-order chi connectivity index (χ1) is 11.7. The molecule has 2 rings (SSSR count). The summed E-state index contributed by atoms with van der Waals surface area (Å²) < 4.78 is 11.4. The number of ether oxygens (including phenoxy) is 2. The van der Waals surface area contributed by atoms with E-state index in [-0.39, 0.29) is 11.9 Å². The van der Waals surface area contributed by atoms with Crippen LogP contribution in [0.3, 0.4) is 0 Å². The molecule has 1 unspecified atom stereocenters. The first-order valence-electron chi connectivity index (χ1n) is 8.74. The summed E-state index contributed by atoms with van der Waals surface area (Å²) in [7, 11) is 0. The molecule has 1 amide bonds. The first kappa shape index (κ1) is 18.9. The minimum absolute atomic E-state index is 0.0755. The molecule has 0 bridgehead atoms. The molecular formula is C18H27ClN2O3. The fraction of sp³-hybridized carbons (Fsp3) is 0.611. The van der Waals surface area contributed by atoms with Gasteiger partial charge in [-0.1, -0.05) is 18.5 Å². The predicted molar refractivity (Wildman–Crippen MR) is 95.9 cm³/mol. The van der Waals surface area contributed by atoms with Gasteiger partial charge in [-0.2, -0.15) is 0 Å². The van der Waals surface area contributed by atoms with Gasteiger partial charge >= 0.3 is 0 Å². The van der Waals surface area contributed by atoms with E-state index in [1.54, 1.807) is 0 Å². The van der Waals surface area contributed by atoms with Crippen molar-refractivity contribution in [2.45, 2.75) is 52.1 Å². The summed E-state index contributed by atoms with van der Waals surface area (Å²) in [5, 5.41) is 6.79. The monoisotopic (exact) mass is 354 g/mol. The topological polar surface area (TPSA) is 59.6 Å². The Morgan fingerprint density at radius 3 is 2.88 bits per heavy atom. The molecule has 2 N–H and O–H groups in total. The molecule has 1 aliphatic heterocycles. The SMILES string of the molecule is CCCOc1c(Cl)cc(CNC2CCCCNC2=O)cc1OCC. The molecule has 134 valence electrons. The smallest absolute Gasteiger partial charge is 0.237 e. The predicted octanol–water partition coefficient (Wildman–Crippen LogP) is 3.29. The van der Waals surface area contributed by atoms with Crippen LogP contribution in [0.5, 0.6) is 11.5 Å². The molecule has 1 heterocycles. The Labute approximate surface area is 149 Å². The molecule has 1 saturated heterocycles. The summed E-state index contributed by atoms with van der Waals surface area (Å²) in [6, 6.07) is 3.65. The van der Waals surface area contributed by atoms with Crippen LogP contribution in [0.2, 0.25) is 5.02 Å². The van der Waals surface area contributed by atoms with Crippen molar-refractivity contribution in [2.75, 3.05) is 19.8 Å². The highest BCUT2D eigenvalue weighted by atomic mass is 35.5. The van der Waals surface area contributed by atoms with Crippen LogP contribution in [-0.2, 0) is 11.3 Å². The van der Waals surface area contributed by atoms with Gasteiger partial charge in [0.25, 0.3) is 0 Å². The fourth-order valence-electron chi connectivity index (χ4n) is 2.71. The van der Waals surface area contributed by atoms with E-state index in [0.29, 0.717) is 36.3 Å². The molecule has 0 spiro atoms. The van der Waals surface area contributed by atoms with Crippen molar-refractivity contribution in [2.24, 2.45) is 0 Å². The van der Waals surface area contributed by atoms with E-state index in [4.69, 9.17) is 21.1 Å². The zero-order chi connectivity index (χ0) is 17.4. The van der Waals surface area contributed by atoms with Crippen LogP contribution in [0.25, 0.3) is 0 Å². The van der Waals surface area contributed by atoms with Crippen LogP contribution in [0.15, 0.2) is 12.1 Å². The van der Waals surface area contributed by atoms with E-state index in [2.05, 4.69) is 10.6 Å². The van der Waals surface area contributed by atoms with Gasteiger partial charge in [0.2, 0.25) is 5.91 Å². The Morgan fingerprint density at radius 2 is 2.12 bits per heavy atom. The lowest BCUT2D eigenvalue weighted by Gasteiger charge is -2.18. The fourth-order valence-corrected chi connectivity index (χ4v) is 2.99. The lowest BCUT2D eigenvalue weighted by molar-refractivity contribution is -0.122. The van der Waals surface area contributed by atoms with Gasteiger partial charge in [-0.25, -0.2) is 0 Å². The Morgan fingerprint density at radius 1 is 1.29 bits per heavy atom. The van der Waals surface area contributed by atoms with Gasteiger partial charge in [-0.15, -0.1) is 0 Å². The van der Waals surface area contributed by atoms with Crippen molar-refractivity contribution >= 4 is 17.5 Å². The Hall–Kier alpha value is -1.46. The molecule has 1 aliphatic rings. The lowest BCUT2D eigenvalue weighted by Crippen LogP contribution is -2.42. The maximum absolute atomic E-state index is 12.0. The number of benzene rings is 1. The van der Waals surface area contributed by atoms with E-state index < -0.39 is 0 Å². The molecule has 6 heteroatoms. The third-order valence-electron chi connectivity index (χ3n) is 3.91. The van der Waals surface area contributed by atoms with Gasteiger partial charge < -0.3 is 20.1 Å². The molecule has 1 fully saturated rings. The maximum Gasteiger partial charge on any atom is 0.237 e. The number of halogens is 1. The van der Waals surface area contributed by atoms with E-state index in [1.807, 2.05) is 26.0 Å². The molecule has 24 heavy (non-hydrogen) atoms. The number of hydrogen-bond donors (Lipinski definition) is 2. The summed E-state index contributed by atoms with van der Waals surface area (Å²) >= 11 is 6.37. The largest absolute Gasteiger partial charge is 0.490 e. The van der Waals surface area contributed by atoms with Gasteiger partial charge in [0.05, 0.1) is 24.3 Å². The van der Waals surface area contributed by atoms with Crippen molar-refractivity contribution in [3.05, 3.63) is 22.7 Å². The quantitative estimate of drug-likeness (QED) is 0.752. The number of carbonyl (C=O) groups excluding carboxylic acids is 1. The first-order valence-corrected chi connectivity index (χ1v) is 9.12. The van der Waals surface area contributed by atoms with E-state index in [0.717, 1.165) is 37.8 Å². The van der Waals surface area contributed by atoms with Crippen LogP contribution in [-0.4, -0.2) is 31.7 Å². The summed E-state index contributed by atoms with van der Waals surface area (Å²) in [5.41, 5.74) is 0.976. The molecule has 1 atom stereocenters. The highest BCUT2D eigenvalue weighted by Gasteiger charge is 2.20. The molecule has 1 aromatic carbocycles. The zero-order valence-electron chi connectivity index (χ0n) is 14.5. The highest BCUT2D eigenvalue weighted by Crippen LogP contribution is 2.36. The van der Waals surface area contributed by atoms with Crippen molar-refractivity contribution in [1.82, 2.24) is 10.6 Å². The minimum atomic E-state index is -0.155. The molecule has 1 aromatic rings. The summed E-state index contributed by atoms with van der Waals surface area (Å²) in [4.78, 5) is 12.0. The highest BCUT2D eigenvalue weighted by molar-refractivity contribution is 6.32. The molecule has 0 radical (unpaired) electrons. The molecule has 0 aromatic heterocycles. The van der Waals surface area contributed by atoms with Crippen LogP contribution < -0.4 is 20.1 Å². The maximum atomic E-state index is 12.0. The third kappa shape index (κ3) is 5.28. The number of rotatable bonds is 8. The van der Waals surface area contributed by atoms with Crippen molar-refractivity contribution in [1.29, 1.82) is 0 Å². The number of carbonyl (C=O) groups is 1. The second kappa shape index (κ2) is 9.74. The standard InChI is InChI=1S/C18H27ClN2O3/c1-3-9-24-17-14(19)10-13(11-16(17)23-4-2)12-21-15-7-5-6-8-20-18(15)22/h10-11,15,21H,3-9,12H2,1-2H3,(H,20,22). The Bertz CT molecular complexity index is 551. The minimum Gasteiger partial charge on any atom is -0.490 e. The number of amides is 1. The average Bonchev–Trinajstić information content (AvgIpc) is 2.77. The van der Waals surface area contributed by atoms with Crippen LogP contribution >= 0.6 is 11.6 Å². The molecular weight excluding hydrogens is 328 g/mol. The normalized spacial score (nSPS) is 18.0. The molecule has 0 saturated carbocycles. The van der Waals surface area contributed by atoms with Gasteiger partial charge in [-0.3, -0.25) is 4.79 Å². The Kier molecular flexibility index (Phi) is 7.66. The molecule has 5 nitrogen and oxygen atoms in total. The number of hydrogen-bond acceptors (Lipinski definition) is 4. The van der Waals surface area contributed by atoms with E-state index in [1.165, 1.54) is 0 Å². The van der Waals surface area contributed by atoms with Crippen LogP contribution in [0, 0.1) is 0 Å². The van der Waals surface area contributed by atoms with Crippen molar-refractivity contribution < 1.29 is 14.3 Å². The van der Waals surface area contributed by atoms with Crippen molar-refractivity contribution in [3.63, 3.8) is 0 Å². The van der Waals surface area contributed by atoms with Gasteiger partial charge in [-0.05, 0) is 50.3 Å². The Balaban J connectivity index is 2.07. The third-order valence-corrected chi connectivity index (χ3v) is 4.19. The lowest BCUT2D eigenvalue weighted by atomic mass is 10.1. The molecule has 0 aliphatic carbocycles. The average molecular weight is 355 g/mol. The van der Waals surface area contributed by atoms with Crippen LogP contribution in [0.4, 0.5) is 0 Å². The second-order valence-corrected chi connectivity index (χ2v) is 6.31. The van der Waals surface area contributed by atoms with Gasteiger partial charge in [0, 0.05) is 13.1 Å². The van der Waals surface area contributed by atoms with Gasteiger partial charge in [0.15, 0.2) is 11.5 Å². The van der Waals surface area contributed by atoms with Crippen molar-refractivity contribution in [3.8, 4) is 11.5 Å². The summed E-state index contributed by atoms with van der Waals surface area (Å²) in [5.74, 6) is 1.32. The van der Waals surface area contributed by atoms with E-state index in [9.17, 15) is 4.79 Å². The van der Waals surface area contributed by atoms with Crippen LogP contribution in [0.1, 0.15) is 45.1 Å². The second-order valence-electron chi connectivity index (χ2n) is 5.91. The van der Waals surface area contributed by atoms with Gasteiger partial charge in [0.1, 0.15) is 0 Å².